The molecule has 4 N–H and O–H groups in total. The predicted molar refractivity (Wildman–Crippen MR) is 162 cm³/mol. The van der Waals surface area contributed by atoms with Gasteiger partial charge in [0.05, 0.1) is 11.6 Å². The first kappa shape index (κ1) is 30.1. The van der Waals surface area contributed by atoms with Crippen molar-refractivity contribution in [2.75, 3.05) is 5.32 Å². The number of fused-ring (bicyclic) bond motifs is 2. The van der Waals surface area contributed by atoms with Gasteiger partial charge in [-0.05, 0) is 72.4 Å². The molecular weight excluding hydrogens is 598 g/mol. The maximum atomic E-state index is 13.8. The van der Waals surface area contributed by atoms with Gasteiger partial charge in [-0.3, -0.25) is 14.4 Å². The molecule has 232 valence electrons. The number of halogens is 2. The van der Waals surface area contributed by atoms with E-state index in [1.807, 2.05) is 0 Å². The van der Waals surface area contributed by atoms with Gasteiger partial charge in [0, 0.05) is 24.4 Å². The van der Waals surface area contributed by atoms with E-state index in [1.54, 1.807) is 43.3 Å². The summed E-state index contributed by atoms with van der Waals surface area (Å²) in [6.45, 7) is 1.58. The van der Waals surface area contributed by atoms with Crippen molar-refractivity contribution >= 4 is 35.0 Å². The van der Waals surface area contributed by atoms with Gasteiger partial charge in [-0.25, -0.2) is 23.1 Å². The third-order valence-corrected chi connectivity index (χ3v) is 7.82. The van der Waals surface area contributed by atoms with Crippen LogP contribution in [0.5, 0.6) is 0 Å². The van der Waals surface area contributed by atoms with Crippen LogP contribution in [0.4, 0.5) is 14.5 Å². The summed E-state index contributed by atoms with van der Waals surface area (Å²) in [4.78, 5) is 55.9. The quantitative estimate of drug-likeness (QED) is 0.197. The topological polar surface area (TPSA) is 155 Å². The van der Waals surface area contributed by atoms with Crippen molar-refractivity contribution in [2.45, 2.75) is 32.4 Å². The van der Waals surface area contributed by atoms with E-state index in [-0.39, 0.29) is 34.8 Å². The lowest BCUT2D eigenvalue weighted by atomic mass is 9.98. The highest BCUT2D eigenvalue weighted by Crippen LogP contribution is 2.35. The monoisotopic (exact) mass is 624 g/mol. The number of carbonyl (C=O) groups is 4. The van der Waals surface area contributed by atoms with Crippen molar-refractivity contribution < 1.29 is 33.1 Å². The lowest BCUT2D eigenvalue weighted by Gasteiger charge is -2.16. The third-order valence-electron chi connectivity index (χ3n) is 7.82. The second-order valence-electron chi connectivity index (χ2n) is 10.8. The van der Waals surface area contributed by atoms with Crippen molar-refractivity contribution in [3.05, 3.63) is 129 Å². The van der Waals surface area contributed by atoms with Crippen LogP contribution in [0.2, 0.25) is 0 Å². The van der Waals surface area contributed by atoms with Gasteiger partial charge < -0.3 is 21.1 Å². The minimum absolute atomic E-state index is 0.0394. The molecule has 0 unspecified atom stereocenters. The highest BCUT2D eigenvalue weighted by Gasteiger charge is 2.29. The fourth-order valence-electron chi connectivity index (χ4n) is 5.50. The van der Waals surface area contributed by atoms with Gasteiger partial charge in [0.15, 0.2) is 23.0 Å². The minimum atomic E-state index is -1.06. The van der Waals surface area contributed by atoms with Crippen LogP contribution in [0, 0.1) is 18.6 Å². The van der Waals surface area contributed by atoms with Crippen molar-refractivity contribution in [3.8, 4) is 0 Å². The second-order valence-corrected chi connectivity index (χ2v) is 10.8. The Morgan fingerprint density at radius 2 is 1.70 bits per heavy atom. The molecule has 0 saturated heterocycles. The Balaban J connectivity index is 1.32. The van der Waals surface area contributed by atoms with E-state index >= 15 is 0 Å². The Bertz CT molecular complexity index is 2050. The molecule has 6 rings (SSSR count). The zero-order valence-electron chi connectivity index (χ0n) is 24.3. The molecule has 0 spiro atoms. The van der Waals surface area contributed by atoms with Crippen LogP contribution < -0.4 is 16.0 Å². The third kappa shape index (κ3) is 5.89. The van der Waals surface area contributed by atoms with Crippen molar-refractivity contribution in [1.29, 1.82) is 0 Å². The Morgan fingerprint density at radius 1 is 0.913 bits per heavy atom. The Morgan fingerprint density at radius 3 is 2.43 bits per heavy atom. The van der Waals surface area contributed by atoms with Gasteiger partial charge in [-0.2, -0.15) is 5.10 Å². The molecule has 0 bridgehead atoms. The Hall–Kier alpha value is -5.98. The number of aromatic nitrogens is 3. The highest BCUT2D eigenvalue weighted by atomic mass is 19.2. The standard InChI is InChI=1S/C33H26F2N6O5/c1-17-20-10-12-25(22(20)9-8-21(17)33(45)46)39-32(44)28-14-26(30(42)36-16-18-7-11-23(34)24(35)13-18)38-29-15-27(40-41(28)29)31(43)37-19-5-3-2-4-6-19/h2-9,11,13-15,25H,10,12,16H2,1H3,(H,36,42)(H,37,43)(H,39,44)(H,45,46)/t25-/m0/s1. The van der Waals surface area contributed by atoms with Crippen molar-refractivity contribution in [1.82, 2.24) is 25.2 Å². The molecule has 46 heavy (non-hydrogen) atoms. The van der Waals surface area contributed by atoms with Gasteiger partial charge in [-0.1, -0.05) is 30.3 Å². The van der Waals surface area contributed by atoms with Crippen LogP contribution in [-0.4, -0.2) is 43.4 Å². The average molecular weight is 625 g/mol. The van der Waals surface area contributed by atoms with Crippen LogP contribution in [0.1, 0.15) is 76.5 Å². The number of anilines is 1. The number of carbonyl (C=O) groups excluding carboxylic acids is 3. The average Bonchev–Trinajstić information content (AvgIpc) is 3.66. The molecule has 11 nitrogen and oxygen atoms in total. The van der Waals surface area contributed by atoms with Gasteiger partial charge in [-0.15, -0.1) is 0 Å². The molecule has 0 fully saturated rings. The molecule has 1 aliphatic carbocycles. The first-order valence-corrected chi connectivity index (χ1v) is 14.2. The van der Waals surface area contributed by atoms with Crippen LogP contribution in [-0.2, 0) is 13.0 Å². The smallest absolute Gasteiger partial charge is 0.335 e. The van der Waals surface area contributed by atoms with Crippen molar-refractivity contribution in [3.63, 3.8) is 0 Å². The van der Waals surface area contributed by atoms with Crippen LogP contribution >= 0.6 is 0 Å². The van der Waals surface area contributed by atoms with Gasteiger partial charge in [0.2, 0.25) is 0 Å². The molecule has 1 atom stereocenters. The summed E-state index contributed by atoms with van der Waals surface area (Å²) < 4.78 is 28.2. The number of para-hydroxylation sites is 1. The van der Waals surface area contributed by atoms with E-state index in [4.69, 9.17) is 0 Å². The number of carboxylic acid groups (broad SMARTS) is 1. The number of carboxylic acids is 1. The van der Waals surface area contributed by atoms with Gasteiger partial charge in [0.25, 0.3) is 17.7 Å². The van der Waals surface area contributed by atoms with Crippen LogP contribution in [0.15, 0.2) is 72.8 Å². The predicted octanol–water partition coefficient (Wildman–Crippen LogP) is 4.61. The van der Waals surface area contributed by atoms with E-state index in [0.29, 0.717) is 29.7 Å². The second kappa shape index (κ2) is 12.2. The molecule has 3 aromatic carbocycles. The SMILES string of the molecule is Cc1c(C(=O)O)ccc2c1CC[C@@H]2NC(=O)c1cc(C(=O)NCc2ccc(F)c(F)c2)nc2cc(C(=O)Nc3ccccc3)nn12. The molecule has 1 aliphatic rings. The van der Waals surface area contributed by atoms with Crippen LogP contribution in [0.25, 0.3) is 5.65 Å². The number of hydrogen-bond donors (Lipinski definition) is 4. The maximum Gasteiger partial charge on any atom is 0.335 e. The number of nitrogens with zero attached hydrogens (tertiary/aromatic N) is 3. The molecule has 0 aliphatic heterocycles. The summed E-state index contributed by atoms with van der Waals surface area (Å²) in [5.74, 6) is -5.00. The molecule has 5 aromatic rings. The summed E-state index contributed by atoms with van der Waals surface area (Å²) in [5.41, 5.74) is 3.00. The normalized spacial score (nSPS) is 13.7. The fraction of sp³-hybridized carbons (Fsp3) is 0.152. The van der Waals surface area contributed by atoms with E-state index in [0.717, 1.165) is 27.8 Å². The minimum Gasteiger partial charge on any atom is -0.478 e. The molecule has 2 aromatic heterocycles. The molecule has 2 heterocycles. The summed E-state index contributed by atoms with van der Waals surface area (Å²) in [6, 6.07) is 17.2. The van der Waals surface area contributed by atoms with Gasteiger partial charge in [0.1, 0.15) is 11.4 Å². The highest BCUT2D eigenvalue weighted by molar-refractivity contribution is 6.04. The summed E-state index contributed by atoms with van der Waals surface area (Å²) in [7, 11) is 0. The lowest BCUT2D eigenvalue weighted by Crippen LogP contribution is -2.30. The summed E-state index contributed by atoms with van der Waals surface area (Å²) >= 11 is 0. The zero-order valence-corrected chi connectivity index (χ0v) is 24.3. The van der Waals surface area contributed by atoms with Crippen LogP contribution in [0.3, 0.4) is 0 Å². The number of benzene rings is 3. The largest absolute Gasteiger partial charge is 0.478 e. The summed E-state index contributed by atoms with van der Waals surface area (Å²) in [5, 5.41) is 22.1. The first-order valence-electron chi connectivity index (χ1n) is 14.2. The number of nitrogens with one attached hydrogen (secondary N) is 3. The maximum absolute atomic E-state index is 13.8. The summed E-state index contributed by atoms with van der Waals surface area (Å²) in [6.07, 6.45) is 1.08. The van der Waals surface area contributed by atoms with Crippen molar-refractivity contribution in [2.24, 2.45) is 0 Å². The molecular formula is C33H26F2N6O5. The van der Waals surface area contributed by atoms with E-state index in [9.17, 15) is 33.1 Å². The number of amides is 3. The van der Waals surface area contributed by atoms with E-state index in [1.165, 1.54) is 24.3 Å². The number of hydrogen-bond acceptors (Lipinski definition) is 6. The Kier molecular flexibility index (Phi) is 7.97. The Labute approximate surface area is 260 Å². The fourth-order valence-corrected chi connectivity index (χ4v) is 5.50. The zero-order chi connectivity index (χ0) is 32.5. The van der Waals surface area contributed by atoms with Gasteiger partial charge >= 0.3 is 5.97 Å². The molecule has 0 saturated carbocycles. The molecule has 0 radical (unpaired) electrons. The number of rotatable bonds is 8. The number of aromatic carboxylic acids is 1. The first-order chi connectivity index (χ1) is 22.1. The van der Waals surface area contributed by atoms with E-state index in [2.05, 4.69) is 26.0 Å². The lowest BCUT2D eigenvalue weighted by molar-refractivity contribution is 0.0695. The molecule has 3 amide bonds. The van der Waals surface area contributed by atoms with E-state index < -0.39 is 41.4 Å². The molecule has 13 heteroatoms.